The van der Waals surface area contributed by atoms with E-state index in [-0.39, 0.29) is 11.4 Å². The maximum absolute atomic E-state index is 13.2. The molecule has 0 saturated heterocycles. The Hall–Kier alpha value is -1.92. The van der Waals surface area contributed by atoms with Gasteiger partial charge >= 0.3 is 0 Å². The summed E-state index contributed by atoms with van der Waals surface area (Å²) < 4.78 is 28.3. The number of carbonyl (C=O) groups excluding carboxylic acids is 1. The number of sulfonamides is 1. The Morgan fingerprint density at radius 2 is 1.76 bits per heavy atom. The number of hydrogen-bond acceptors (Lipinski definition) is 3. The van der Waals surface area contributed by atoms with Gasteiger partial charge in [0.1, 0.15) is 0 Å². The summed E-state index contributed by atoms with van der Waals surface area (Å²) in [5.74, 6) is 0. The molecular formula is C19H20BrNO3S. The zero-order valence-electron chi connectivity index (χ0n) is 14.4. The molecule has 0 amide bonds. The Kier molecular flexibility index (Phi) is 6.19. The van der Waals surface area contributed by atoms with Gasteiger partial charge < -0.3 is 0 Å². The van der Waals surface area contributed by atoms with Gasteiger partial charge in [-0.2, -0.15) is 0 Å². The summed E-state index contributed by atoms with van der Waals surface area (Å²) in [6, 6.07) is 11.7. The standard InChI is InChI=1S/C19H20BrNO3S/c1-14(2)10-11-21(19-9-6-17(20)12-16(19)13-22)25(23,24)18-7-4-15(3)5-8-18/h4-10,12-13H,11H2,1-3H3. The molecule has 25 heavy (non-hydrogen) atoms. The molecule has 6 heteroatoms. The zero-order chi connectivity index (χ0) is 18.6. The van der Waals surface area contributed by atoms with Gasteiger partial charge in [0.2, 0.25) is 0 Å². The molecule has 0 saturated carbocycles. The minimum atomic E-state index is -3.80. The van der Waals surface area contributed by atoms with Crippen LogP contribution in [-0.4, -0.2) is 21.2 Å². The van der Waals surface area contributed by atoms with Crippen molar-refractivity contribution in [3.05, 3.63) is 69.7 Å². The molecule has 0 aliphatic carbocycles. The summed E-state index contributed by atoms with van der Waals surface area (Å²) in [5, 5.41) is 0. The second-order valence-electron chi connectivity index (χ2n) is 5.95. The first-order chi connectivity index (χ1) is 11.8. The highest BCUT2D eigenvalue weighted by atomic mass is 79.9. The molecule has 0 radical (unpaired) electrons. The number of aryl methyl sites for hydroxylation is 1. The minimum Gasteiger partial charge on any atom is -0.298 e. The van der Waals surface area contributed by atoms with E-state index in [1.165, 1.54) is 4.31 Å². The molecule has 0 spiro atoms. The Bertz CT molecular complexity index is 899. The number of aldehydes is 1. The van der Waals surface area contributed by atoms with Crippen LogP contribution in [0.15, 0.2) is 63.5 Å². The first-order valence-electron chi connectivity index (χ1n) is 7.73. The third-order valence-electron chi connectivity index (χ3n) is 3.66. The topological polar surface area (TPSA) is 54.5 Å². The van der Waals surface area contributed by atoms with E-state index in [2.05, 4.69) is 15.9 Å². The van der Waals surface area contributed by atoms with Gasteiger partial charge in [0.25, 0.3) is 10.0 Å². The number of hydrogen-bond donors (Lipinski definition) is 0. The smallest absolute Gasteiger partial charge is 0.264 e. The van der Waals surface area contributed by atoms with Gasteiger partial charge in [0, 0.05) is 10.0 Å². The van der Waals surface area contributed by atoms with Crippen LogP contribution in [0.1, 0.15) is 29.8 Å². The summed E-state index contributed by atoms with van der Waals surface area (Å²) in [6.07, 6.45) is 2.49. The lowest BCUT2D eigenvalue weighted by Crippen LogP contribution is -2.32. The average molecular weight is 422 g/mol. The molecule has 132 valence electrons. The van der Waals surface area contributed by atoms with Crippen molar-refractivity contribution in [3.8, 4) is 0 Å². The third kappa shape index (κ3) is 4.58. The molecule has 0 N–H and O–H groups in total. The predicted octanol–water partition coefficient (Wildman–Crippen LogP) is 4.73. The third-order valence-corrected chi connectivity index (χ3v) is 5.95. The first kappa shape index (κ1) is 19.4. The van der Waals surface area contributed by atoms with E-state index < -0.39 is 10.0 Å². The lowest BCUT2D eigenvalue weighted by Gasteiger charge is -2.25. The Morgan fingerprint density at radius 1 is 1.12 bits per heavy atom. The number of anilines is 1. The normalized spacial score (nSPS) is 11.0. The fraction of sp³-hybridized carbons (Fsp3) is 0.211. The van der Waals surface area contributed by atoms with E-state index in [0.717, 1.165) is 11.1 Å². The predicted molar refractivity (Wildman–Crippen MR) is 105 cm³/mol. The number of nitrogens with zero attached hydrogens (tertiary/aromatic N) is 1. The Labute approximate surface area is 157 Å². The van der Waals surface area contributed by atoms with Crippen LogP contribution < -0.4 is 4.31 Å². The van der Waals surface area contributed by atoms with E-state index in [9.17, 15) is 13.2 Å². The van der Waals surface area contributed by atoms with Gasteiger partial charge in [-0.15, -0.1) is 0 Å². The van der Waals surface area contributed by atoms with Crippen molar-refractivity contribution >= 4 is 37.9 Å². The monoisotopic (exact) mass is 421 g/mol. The van der Waals surface area contributed by atoms with Gasteiger partial charge in [-0.25, -0.2) is 8.42 Å². The fourth-order valence-corrected chi connectivity index (χ4v) is 4.09. The van der Waals surface area contributed by atoms with Gasteiger partial charge in [0.15, 0.2) is 6.29 Å². The van der Waals surface area contributed by atoms with E-state index in [1.54, 1.807) is 42.5 Å². The summed E-state index contributed by atoms with van der Waals surface area (Å²) in [4.78, 5) is 11.7. The van der Waals surface area contributed by atoms with E-state index in [0.29, 0.717) is 22.0 Å². The van der Waals surface area contributed by atoms with Crippen LogP contribution in [0.5, 0.6) is 0 Å². The number of benzene rings is 2. The first-order valence-corrected chi connectivity index (χ1v) is 9.96. The molecule has 0 atom stereocenters. The summed E-state index contributed by atoms with van der Waals surface area (Å²) in [6.45, 7) is 5.86. The van der Waals surface area contributed by atoms with Crippen molar-refractivity contribution < 1.29 is 13.2 Å². The second-order valence-corrected chi connectivity index (χ2v) is 8.73. The molecule has 2 aromatic rings. The van der Waals surface area contributed by atoms with Crippen molar-refractivity contribution in [1.29, 1.82) is 0 Å². The molecule has 0 bridgehead atoms. The fourth-order valence-electron chi connectivity index (χ4n) is 2.28. The highest BCUT2D eigenvalue weighted by Crippen LogP contribution is 2.29. The quantitative estimate of drug-likeness (QED) is 0.500. The highest BCUT2D eigenvalue weighted by Gasteiger charge is 2.26. The molecular weight excluding hydrogens is 402 g/mol. The van der Waals surface area contributed by atoms with Crippen molar-refractivity contribution in [1.82, 2.24) is 0 Å². The molecule has 0 aromatic heterocycles. The summed E-state index contributed by atoms with van der Waals surface area (Å²) in [7, 11) is -3.80. The van der Waals surface area contributed by atoms with Crippen LogP contribution in [-0.2, 0) is 10.0 Å². The molecule has 0 fully saturated rings. The van der Waals surface area contributed by atoms with Crippen molar-refractivity contribution in [2.75, 3.05) is 10.8 Å². The molecule has 0 aliphatic heterocycles. The molecule has 0 heterocycles. The van der Waals surface area contributed by atoms with Crippen LogP contribution in [0.25, 0.3) is 0 Å². The van der Waals surface area contributed by atoms with E-state index in [1.807, 2.05) is 26.8 Å². The van der Waals surface area contributed by atoms with Crippen molar-refractivity contribution in [2.45, 2.75) is 25.7 Å². The van der Waals surface area contributed by atoms with Gasteiger partial charge in [-0.3, -0.25) is 9.10 Å². The highest BCUT2D eigenvalue weighted by molar-refractivity contribution is 9.10. The van der Waals surface area contributed by atoms with Gasteiger partial charge in [-0.05, 0) is 51.1 Å². The van der Waals surface area contributed by atoms with Gasteiger partial charge in [-0.1, -0.05) is 45.3 Å². The second kappa shape index (κ2) is 7.97. The molecule has 0 aliphatic rings. The molecule has 2 aromatic carbocycles. The summed E-state index contributed by atoms with van der Waals surface area (Å²) >= 11 is 3.31. The Morgan fingerprint density at radius 3 is 2.32 bits per heavy atom. The van der Waals surface area contributed by atoms with E-state index >= 15 is 0 Å². The number of rotatable bonds is 6. The number of allylic oxidation sites excluding steroid dienone is 1. The van der Waals surface area contributed by atoms with Crippen LogP contribution in [0, 0.1) is 6.92 Å². The SMILES string of the molecule is CC(C)=CCN(c1ccc(Br)cc1C=O)S(=O)(=O)c1ccc(C)cc1. The zero-order valence-corrected chi connectivity index (χ0v) is 16.8. The lowest BCUT2D eigenvalue weighted by molar-refractivity contribution is 0.112. The minimum absolute atomic E-state index is 0.154. The van der Waals surface area contributed by atoms with Crippen LogP contribution in [0.4, 0.5) is 5.69 Å². The summed E-state index contributed by atoms with van der Waals surface area (Å²) in [5.41, 5.74) is 2.64. The molecule has 0 unspecified atom stereocenters. The Balaban J connectivity index is 2.62. The van der Waals surface area contributed by atoms with Crippen LogP contribution in [0.3, 0.4) is 0 Å². The van der Waals surface area contributed by atoms with Crippen molar-refractivity contribution in [2.24, 2.45) is 0 Å². The van der Waals surface area contributed by atoms with Crippen molar-refractivity contribution in [3.63, 3.8) is 0 Å². The van der Waals surface area contributed by atoms with Crippen LogP contribution >= 0.6 is 15.9 Å². The maximum Gasteiger partial charge on any atom is 0.264 e. The van der Waals surface area contributed by atoms with Gasteiger partial charge in [0.05, 0.1) is 17.1 Å². The lowest BCUT2D eigenvalue weighted by atomic mass is 10.2. The maximum atomic E-state index is 13.2. The molecule has 2 rings (SSSR count). The van der Waals surface area contributed by atoms with E-state index in [4.69, 9.17) is 0 Å². The number of halogens is 1. The molecule has 4 nitrogen and oxygen atoms in total. The average Bonchev–Trinajstić information content (AvgIpc) is 2.56. The largest absolute Gasteiger partial charge is 0.298 e. The van der Waals surface area contributed by atoms with Crippen LogP contribution in [0.2, 0.25) is 0 Å². The number of carbonyl (C=O) groups is 1.